The Bertz CT molecular complexity index is 2450. The first-order valence-corrected chi connectivity index (χ1v) is 19.3. The lowest BCUT2D eigenvalue weighted by molar-refractivity contribution is -0.137. The molecule has 2 N–H and O–H groups in total. The van der Waals surface area contributed by atoms with Gasteiger partial charge >= 0.3 is 6.18 Å². The first-order chi connectivity index (χ1) is 26.8. The number of halogens is 4. The SMILES string of the molecule is Cc1ncnc(C(=O)N2CC[C@]3(c4c(n(CC(=O)Nc5ccc(C(F)(F)F)cc5Cl)c5nc(C6=CCN(C7COC7)CC6)nn5c4=O)[C@H]4C[C@H]43)[C@@H]3CC[C@@H]32)c1O. The Morgan fingerprint density at radius 3 is 2.64 bits per heavy atom. The Hall–Kier alpha value is -4.87. The van der Waals surface area contributed by atoms with Crippen LogP contribution in [0, 0.1) is 18.8 Å². The summed E-state index contributed by atoms with van der Waals surface area (Å²) in [5, 5.41) is 17.9. The number of fused-ring (bicyclic) bond motifs is 8. The average molecular weight is 792 g/mol. The average Bonchev–Trinajstić information content (AvgIpc) is 3.71. The Kier molecular flexibility index (Phi) is 7.97. The van der Waals surface area contributed by atoms with Gasteiger partial charge in [0, 0.05) is 48.3 Å². The lowest BCUT2D eigenvalue weighted by atomic mass is 9.54. The van der Waals surface area contributed by atoms with Gasteiger partial charge in [0.2, 0.25) is 11.7 Å². The van der Waals surface area contributed by atoms with Gasteiger partial charge in [0.05, 0.1) is 41.2 Å². The third kappa shape index (κ3) is 5.26. The molecular formula is C38H37ClF3N9O5. The Balaban J connectivity index is 1.04. The highest BCUT2D eigenvalue weighted by Crippen LogP contribution is 2.72. The van der Waals surface area contributed by atoms with Crippen LogP contribution in [0.5, 0.6) is 5.75 Å². The van der Waals surface area contributed by atoms with Crippen molar-refractivity contribution in [1.82, 2.24) is 38.9 Å². The third-order valence-corrected chi connectivity index (χ3v) is 13.4. The number of aryl methyl sites for hydroxylation is 1. The predicted octanol–water partition coefficient (Wildman–Crippen LogP) is 4.17. The van der Waals surface area contributed by atoms with Crippen LogP contribution in [0.1, 0.15) is 76.8 Å². The second-order valence-electron chi connectivity index (χ2n) is 15.8. The van der Waals surface area contributed by atoms with E-state index in [1.165, 1.54) is 10.8 Å². The van der Waals surface area contributed by atoms with Gasteiger partial charge in [-0.2, -0.15) is 22.7 Å². The van der Waals surface area contributed by atoms with Crippen LogP contribution in [0.25, 0.3) is 11.4 Å². The maximum absolute atomic E-state index is 14.9. The Labute approximate surface area is 322 Å². The fraction of sp³-hybridized carbons (Fsp3) is 0.500. The molecule has 6 heterocycles. The fourth-order valence-electron chi connectivity index (χ4n) is 10.1. The minimum Gasteiger partial charge on any atom is -0.504 e. The van der Waals surface area contributed by atoms with Gasteiger partial charge in [-0.15, -0.1) is 5.10 Å². The standard InChI is InChI=1S/C38H37ClF3N9O5/c1-18-32(53)30(44-17-43-18)35(55)49-11-8-37(23-3-5-27(23)49)24-13-22(24)31-29(37)34(54)51-36(46-33(47-51)19-6-9-48(10-7-19)21-15-56-16-21)50(31)14-28(52)45-26-4-2-20(12-25(26)39)38(40,41)42/h2,4,6,12,17,21-24,27,53H,3,5,7-11,13-16H2,1H3,(H,45,52)/t22-,23+,24+,27-,37-/m0/s1. The summed E-state index contributed by atoms with van der Waals surface area (Å²) in [5.74, 6) is -0.540. The summed E-state index contributed by atoms with van der Waals surface area (Å²) < 4.78 is 48.5. The molecule has 1 spiro atoms. The summed E-state index contributed by atoms with van der Waals surface area (Å²) in [4.78, 5) is 59.7. The van der Waals surface area contributed by atoms with E-state index in [9.17, 15) is 32.7 Å². The second-order valence-corrected chi connectivity index (χ2v) is 16.3. The summed E-state index contributed by atoms with van der Waals surface area (Å²) in [7, 11) is 0. The number of hydrogen-bond acceptors (Lipinski definition) is 10. The van der Waals surface area contributed by atoms with Crippen LogP contribution < -0.4 is 10.9 Å². The second kappa shape index (κ2) is 12.6. The Morgan fingerprint density at radius 2 is 1.96 bits per heavy atom. The number of hydrogen-bond donors (Lipinski definition) is 2. The first kappa shape index (κ1) is 35.5. The van der Waals surface area contributed by atoms with Crippen LogP contribution in [0.15, 0.2) is 35.4 Å². The molecule has 4 fully saturated rings. The van der Waals surface area contributed by atoms with E-state index in [0.29, 0.717) is 62.3 Å². The van der Waals surface area contributed by atoms with Gasteiger partial charge in [0.1, 0.15) is 12.9 Å². The van der Waals surface area contributed by atoms with Gasteiger partial charge in [0.15, 0.2) is 17.3 Å². The highest BCUT2D eigenvalue weighted by Gasteiger charge is 2.70. The maximum atomic E-state index is 14.9. The van der Waals surface area contributed by atoms with Gasteiger partial charge in [-0.1, -0.05) is 17.7 Å². The molecule has 10 rings (SSSR count). The zero-order valence-corrected chi connectivity index (χ0v) is 31.0. The van der Waals surface area contributed by atoms with Crippen molar-refractivity contribution in [3.63, 3.8) is 0 Å². The number of aromatic nitrogens is 6. The molecule has 18 heteroatoms. The molecule has 292 valence electrons. The summed E-state index contributed by atoms with van der Waals surface area (Å²) in [6, 6.07) is 2.93. The fourth-order valence-corrected chi connectivity index (χ4v) is 10.3. The van der Waals surface area contributed by atoms with E-state index in [1.807, 2.05) is 0 Å². The van der Waals surface area contributed by atoms with Crippen LogP contribution in [0.4, 0.5) is 18.9 Å². The van der Waals surface area contributed by atoms with Crippen LogP contribution in [-0.2, 0) is 27.7 Å². The smallest absolute Gasteiger partial charge is 0.416 e. The number of alkyl halides is 3. The van der Waals surface area contributed by atoms with Gasteiger partial charge < -0.3 is 24.6 Å². The van der Waals surface area contributed by atoms with E-state index < -0.39 is 23.1 Å². The molecule has 2 saturated carbocycles. The van der Waals surface area contributed by atoms with E-state index in [2.05, 4.69) is 26.3 Å². The number of nitrogens with one attached hydrogen (secondary N) is 1. The minimum atomic E-state index is -4.60. The molecule has 56 heavy (non-hydrogen) atoms. The van der Waals surface area contributed by atoms with Crippen molar-refractivity contribution >= 4 is 40.5 Å². The van der Waals surface area contributed by atoms with E-state index in [1.54, 1.807) is 16.4 Å². The highest BCUT2D eigenvalue weighted by molar-refractivity contribution is 6.33. The van der Waals surface area contributed by atoms with E-state index in [0.717, 1.165) is 55.3 Å². The number of carbonyl (C=O) groups excluding carboxylic acids is 2. The zero-order valence-electron chi connectivity index (χ0n) is 30.2. The number of ether oxygens (including phenoxy) is 1. The molecule has 6 aliphatic rings. The highest BCUT2D eigenvalue weighted by atomic mass is 35.5. The van der Waals surface area contributed by atoms with Crippen molar-refractivity contribution in [2.45, 2.75) is 75.2 Å². The van der Waals surface area contributed by atoms with Crippen LogP contribution >= 0.6 is 11.6 Å². The van der Waals surface area contributed by atoms with Gasteiger partial charge in [0.25, 0.3) is 11.5 Å². The van der Waals surface area contributed by atoms with Gasteiger partial charge in [-0.25, -0.2) is 9.97 Å². The van der Waals surface area contributed by atoms with Crippen molar-refractivity contribution in [3.8, 4) is 5.75 Å². The van der Waals surface area contributed by atoms with Crippen LogP contribution in [0.2, 0.25) is 5.02 Å². The van der Waals surface area contributed by atoms with Crippen molar-refractivity contribution in [1.29, 1.82) is 0 Å². The molecule has 3 aliphatic carbocycles. The lowest BCUT2D eigenvalue weighted by Crippen LogP contribution is -2.64. The largest absolute Gasteiger partial charge is 0.504 e. The molecule has 4 aromatic rings. The zero-order chi connectivity index (χ0) is 38.8. The monoisotopic (exact) mass is 791 g/mol. The topological polar surface area (TPSA) is 160 Å². The minimum absolute atomic E-state index is 0.0225. The van der Waals surface area contributed by atoms with E-state index >= 15 is 0 Å². The van der Waals surface area contributed by atoms with Crippen molar-refractivity contribution in [2.24, 2.45) is 11.8 Å². The van der Waals surface area contributed by atoms with Crippen molar-refractivity contribution in [3.05, 3.63) is 80.0 Å². The van der Waals surface area contributed by atoms with Gasteiger partial charge in [-0.05, 0) is 74.6 Å². The molecule has 14 nitrogen and oxygen atoms in total. The summed E-state index contributed by atoms with van der Waals surface area (Å²) in [5.41, 5.74) is 0.696. The molecule has 3 aromatic heterocycles. The van der Waals surface area contributed by atoms with Crippen molar-refractivity contribution < 1.29 is 32.6 Å². The molecular weight excluding hydrogens is 755 g/mol. The maximum Gasteiger partial charge on any atom is 0.416 e. The molecule has 0 radical (unpaired) electrons. The number of carbonyl (C=O) groups is 2. The molecule has 2 saturated heterocycles. The number of nitrogens with zero attached hydrogens (tertiary/aromatic N) is 8. The predicted molar refractivity (Wildman–Crippen MR) is 194 cm³/mol. The number of aromatic hydroxyl groups is 1. The molecule has 5 atom stereocenters. The lowest BCUT2D eigenvalue weighted by Gasteiger charge is -2.58. The molecule has 2 amide bonds. The number of amides is 2. The molecule has 3 aliphatic heterocycles. The van der Waals surface area contributed by atoms with Crippen LogP contribution in [-0.4, -0.2) is 101 Å². The number of anilines is 1. The summed E-state index contributed by atoms with van der Waals surface area (Å²) in [6.07, 6.45) is 2.21. The number of piperidine rings is 1. The van der Waals surface area contributed by atoms with E-state index in [-0.39, 0.29) is 69.7 Å². The first-order valence-electron chi connectivity index (χ1n) is 18.9. The number of benzene rings is 1. The summed E-state index contributed by atoms with van der Waals surface area (Å²) >= 11 is 6.22. The normalized spacial score (nSPS) is 26.9. The Morgan fingerprint density at radius 1 is 1.14 bits per heavy atom. The molecule has 0 unspecified atom stereocenters. The quantitative estimate of drug-likeness (QED) is 0.290. The number of likely N-dealkylation sites (tertiary alicyclic amines) is 1. The van der Waals surface area contributed by atoms with E-state index in [4.69, 9.17) is 26.4 Å². The van der Waals surface area contributed by atoms with Crippen molar-refractivity contribution in [2.75, 3.05) is 38.2 Å². The number of rotatable bonds is 6. The molecule has 1 aromatic carbocycles. The van der Waals surface area contributed by atoms with Gasteiger partial charge in [-0.3, -0.25) is 19.3 Å². The third-order valence-electron chi connectivity index (χ3n) is 13.1. The molecule has 0 bridgehead atoms. The summed E-state index contributed by atoms with van der Waals surface area (Å²) in [6.45, 7) is 4.52. The van der Waals surface area contributed by atoms with Crippen LogP contribution in [0.3, 0.4) is 0 Å².